The van der Waals surface area contributed by atoms with E-state index in [2.05, 4.69) is 32.2 Å². The molecular weight excluding hydrogens is 270 g/mol. The Morgan fingerprint density at radius 2 is 1.90 bits per heavy atom. The fraction of sp³-hybridized carbons (Fsp3) is 0.438. The highest BCUT2D eigenvalue weighted by Crippen LogP contribution is 2.30. The number of aromatic nitrogens is 2. The molecule has 1 aromatic carbocycles. The monoisotopic (exact) mass is 289 g/mol. The number of hydrogen-bond acceptors (Lipinski definition) is 2. The number of nitrogens with one attached hydrogen (secondary N) is 1. The fourth-order valence-electron chi connectivity index (χ4n) is 2.89. The number of nitrogens with zero attached hydrogens (tertiary/aromatic N) is 2. The van der Waals surface area contributed by atoms with Gasteiger partial charge < -0.3 is 5.32 Å². The lowest BCUT2D eigenvalue weighted by Gasteiger charge is -2.15. The van der Waals surface area contributed by atoms with Gasteiger partial charge in [0.1, 0.15) is 0 Å². The molecule has 0 atom stereocenters. The second kappa shape index (κ2) is 5.23. The molecule has 0 bridgehead atoms. The average Bonchev–Trinajstić information content (AvgIpc) is 2.64. The molecule has 2 heterocycles. The van der Waals surface area contributed by atoms with Crippen LogP contribution in [-0.4, -0.2) is 22.9 Å². The van der Waals surface area contributed by atoms with Crippen LogP contribution >= 0.6 is 11.6 Å². The lowest BCUT2D eigenvalue weighted by Crippen LogP contribution is -2.16. The zero-order chi connectivity index (χ0) is 14.3. The minimum absolute atomic E-state index is 0.788. The van der Waals surface area contributed by atoms with Crippen molar-refractivity contribution in [1.82, 2.24) is 15.1 Å². The zero-order valence-electron chi connectivity index (χ0n) is 12.3. The summed E-state index contributed by atoms with van der Waals surface area (Å²) in [5.74, 6) is 0. The minimum atomic E-state index is 0.788. The molecule has 0 saturated carbocycles. The highest BCUT2D eigenvalue weighted by atomic mass is 35.5. The number of rotatable bonds is 1. The van der Waals surface area contributed by atoms with Crippen molar-refractivity contribution in [2.24, 2.45) is 0 Å². The first-order chi connectivity index (χ1) is 9.59. The summed E-state index contributed by atoms with van der Waals surface area (Å²) in [7, 11) is 0. The molecule has 0 spiro atoms. The first-order valence-electron chi connectivity index (χ1n) is 7.13. The maximum Gasteiger partial charge on any atom is 0.0870 e. The summed E-state index contributed by atoms with van der Waals surface area (Å²) in [6.45, 7) is 8.31. The highest BCUT2D eigenvalue weighted by molar-refractivity contribution is 6.32. The van der Waals surface area contributed by atoms with E-state index in [9.17, 15) is 0 Å². The van der Waals surface area contributed by atoms with Crippen molar-refractivity contribution in [2.75, 3.05) is 13.1 Å². The number of benzene rings is 1. The molecule has 3 nitrogen and oxygen atoms in total. The van der Waals surface area contributed by atoms with Gasteiger partial charge in [-0.2, -0.15) is 5.10 Å². The van der Waals surface area contributed by atoms with E-state index >= 15 is 0 Å². The van der Waals surface area contributed by atoms with E-state index in [4.69, 9.17) is 16.7 Å². The number of halogens is 1. The molecule has 3 rings (SSSR count). The van der Waals surface area contributed by atoms with E-state index in [1.165, 1.54) is 22.4 Å². The van der Waals surface area contributed by atoms with Crippen LogP contribution in [0.15, 0.2) is 12.1 Å². The molecule has 20 heavy (non-hydrogen) atoms. The molecule has 2 aromatic rings. The van der Waals surface area contributed by atoms with Crippen LogP contribution in [0.1, 0.15) is 28.1 Å². The van der Waals surface area contributed by atoms with Crippen LogP contribution in [0.2, 0.25) is 5.02 Å². The summed E-state index contributed by atoms with van der Waals surface area (Å²) in [5.41, 5.74) is 7.29. The molecule has 1 aliphatic rings. The summed E-state index contributed by atoms with van der Waals surface area (Å²) in [5, 5.41) is 8.93. The fourth-order valence-corrected chi connectivity index (χ4v) is 3.15. The van der Waals surface area contributed by atoms with Crippen molar-refractivity contribution < 1.29 is 0 Å². The van der Waals surface area contributed by atoms with Crippen molar-refractivity contribution in [3.63, 3.8) is 0 Å². The van der Waals surface area contributed by atoms with E-state index in [0.717, 1.165) is 42.3 Å². The normalized spacial score (nSPS) is 15.0. The Morgan fingerprint density at radius 1 is 1.15 bits per heavy atom. The van der Waals surface area contributed by atoms with Crippen molar-refractivity contribution in [2.45, 2.75) is 33.6 Å². The van der Waals surface area contributed by atoms with Crippen LogP contribution < -0.4 is 5.32 Å². The van der Waals surface area contributed by atoms with Gasteiger partial charge in [-0.25, -0.2) is 4.68 Å². The van der Waals surface area contributed by atoms with Crippen LogP contribution in [0.25, 0.3) is 5.69 Å². The van der Waals surface area contributed by atoms with E-state index in [1.807, 2.05) is 10.7 Å². The van der Waals surface area contributed by atoms with Crippen LogP contribution in [-0.2, 0) is 12.8 Å². The third-order valence-corrected chi connectivity index (χ3v) is 4.62. The Labute approximate surface area is 124 Å². The minimum Gasteiger partial charge on any atom is -0.316 e. The first kappa shape index (κ1) is 13.7. The Kier molecular flexibility index (Phi) is 3.57. The topological polar surface area (TPSA) is 29.9 Å². The molecule has 0 fully saturated rings. The second-order valence-electron chi connectivity index (χ2n) is 5.49. The van der Waals surface area contributed by atoms with Gasteiger partial charge in [0.15, 0.2) is 0 Å². The molecule has 0 unspecified atom stereocenters. The van der Waals surface area contributed by atoms with E-state index in [0.29, 0.717) is 0 Å². The molecule has 0 aliphatic carbocycles. The van der Waals surface area contributed by atoms with Gasteiger partial charge in [0.2, 0.25) is 0 Å². The third-order valence-electron chi connectivity index (χ3n) is 4.32. The molecule has 1 aliphatic heterocycles. The Bertz CT molecular complexity index is 658. The van der Waals surface area contributed by atoms with Gasteiger partial charge in [-0.3, -0.25) is 0 Å². The second-order valence-corrected chi connectivity index (χ2v) is 5.90. The van der Waals surface area contributed by atoms with Crippen LogP contribution in [0.4, 0.5) is 0 Å². The summed E-state index contributed by atoms with van der Waals surface area (Å²) < 4.78 is 2.02. The molecule has 106 valence electrons. The predicted octanol–water partition coefficient (Wildman–Crippen LogP) is 3.14. The van der Waals surface area contributed by atoms with E-state index in [1.54, 1.807) is 0 Å². The van der Waals surface area contributed by atoms with Gasteiger partial charge in [-0.15, -0.1) is 0 Å². The summed E-state index contributed by atoms with van der Waals surface area (Å²) in [6.07, 6.45) is 2.06. The molecule has 4 heteroatoms. The summed E-state index contributed by atoms with van der Waals surface area (Å²) >= 11 is 6.50. The molecule has 1 aromatic heterocycles. The maximum atomic E-state index is 6.50. The van der Waals surface area contributed by atoms with Crippen LogP contribution in [0, 0.1) is 20.8 Å². The van der Waals surface area contributed by atoms with Crippen molar-refractivity contribution >= 4 is 11.6 Å². The van der Waals surface area contributed by atoms with Crippen molar-refractivity contribution in [3.05, 3.63) is 45.2 Å². The van der Waals surface area contributed by atoms with Gasteiger partial charge in [0.05, 0.1) is 16.4 Å². The summed E-state index contributed by atoms with van der Waals surface area (Å²) in [4.78, 5) is 0. The van der Waals surface area contributed by atoms with Gasteiger partial charge >= 0.3 is 0 Å². The molecule has 0 saturated heterocycles. The van der Waals surface area contributed by atoms with Crippen LogP contribution in [0.3, 0.4) is 0 Å². The third kappa shape index (κ3) is 2.15. The largest absolute Gasteiger partial charge is 0.316 e. The maximum absolute atomic E-state index is 6.50. The zero-order valence-corrected chi connectivity index (χ0v) is 13.0. The SMILES string of the molecule is Cc1nn(-c2c(Cl)ccc3c2CCNCC3)c(C)c1C. The van der Waals surface area contributed by atoms with Gasteiger partial charge in [-0.1, -0.05) is 17.7 Å². The molecule has 0 amide bonds. The van der Waals surface area contributed by atoms with Crippen LogP contribution in [0.5, 0.6) is 0 Å². The van der Waals surface area contributed by atoms with Gasteiger partial charge in [0.25, 0.3) is 0 Å². The molecular formula is C16H20ClN3. The van der Waals surface area contributed by atoms with Crippen molar-refractivity contribution in [1.29, 1.82) is 0 Å². The number of hydrogen-bond donors (Lipinski definition) is 1. The lowest BCUT2D eigenvalue weighted by atomic mass is 10.0. The smallest absolute Gasteiger partial charge is 0.0870 e. The Balaban J connectivity index is 2.24. The van der Waals surface area contributed by atoms with E-state index < -0.39 is 0 Å². The Morgan fingerprint density at radius 3 is 2.60 bits per heavy atom. The number of fused-ring (bicyclic) bond motifs is 1. The standard InChI is InChI=1S/C16H20ClN3/c1-10-11(2)19-20(12(10)3)16-14-7-9-18-8-6-13(14)4-5-15(16)17/h4-5,18H,6-9H2,1-3H3. The van der Waals surface area contributed by atoms with Gasteiger partial charge in [0, 0.05) is 5.69 Å². The quantitative estimate of drug-likeness (QED) is 0.874. The summed E-state index contributed by atoms with van der Waals surface area (Å²) in [6, 6.07) is 4.17. The highest BCUT2D eigenvalue weighted by Gasteiger charge is 2.19. The average molecular weight is 290 g/mol. The number of aryl methyl sites for hydroxylation is 1. The van der Waals surface area contributed by atoms with E-state index in [-0.39, 0.29) is 0 Å². The molecule has 1 N–H and O–H groups in total. The first-order valence-corrected chi connectivity index (χ1v) is 7.51. The van der Waals surface area contributed by atoms with Crippen molar-refractivity contribution in [3.8, 4) is 5.69 Å². The Hall–Kier alpha value is -1.32. The van der Waals surface area contributed by atoms with Gasteiger partial charge in [-0.05, 0) is 69.5 Å². The molecule has 0 radical (unpaired) electrons. The predicted molar refractivity (Wildman–Crippen MR) is 83.1 cm³/mol. The lowest BCUT2D eigenvalue weighted by molar-refractivity contribution is 0.709.